The maximum atomic E-state index is 12.8. The third kappa shape index (κ3) is 5.86. The van der Waals surface area contributed by atoms with Crippen LogP contribution in [0.4, 0.5) is 16.2 Å². The van der Waals surface area contributed by atoms with E-state index in [4.69, 9.17) is 4.74 Å². The van der Waals surface area contributed by atoms with Crippen LogP contribution in [0.25, 0.3) is 0 Å². The summed E-state index contributed by atoms with van der Waals surface area (Å²) < 4.78 is 6.87. The number of hydrogen-bond acceptors (Lipinski definition) is 3. The van der Waals surface area contributed by atoms with Gasteiger partial charge in [0.25, 0.3) is 5.91 Å². The molecule has 7 heteroatoms. The highest BCUT2D eigenvalue weighted by molar-refractivity contribution is 9.10. The van der Waals surface area contributed by atoms with Gasteiger partial charge in [-0.2, -0.15) is 0 Å². The quantitative estimate of drug-likeness (QED) is 0.414. The lowest BCUT2D eigenvalue weighted by Crippen LogP contribution is -2.30. The summed E-state index contributed by atoms with van der Waals surface area (Å²) >= 11 is 3.51. The number of carbonyl (C=O) groups excluding carboxylic acids is 2. The fourth-order valence-electron chi connectivity index (χ4n) is 2.97. The summed E-state index contributed by atoms with van der Waals surface area (Å²) in [6.07, 6.45) is 2.07. The number of carbonyl (C=O) groups is 2. The molecule has 31 heavy (non-hydrogen) atoms. The van der Waals surface area contributed by atoms with Gasteiger partial charge in [-0.3, -0.25) is 4.79 Å². The van der Waals surface area contributed by atoms with Crippen LogP contribution in [0.2, 0.25) is 0 Å². The Kier molecular flexibility index (Phi) is 6.52. The van der Waals surface area contributed by atoms with Crippen LogP contribution in [0.15, 0.2) is 77.3 Å². The number of urea groups is 1. The number of para-hydroxylation sites is 1. The lowest BCUT2D eigenvalue weighted by molar-refractivity contribution is 0.102. The number of rotatable bonds is 7. The summed E-state index contributed by atoms with van der Waals surface area (Å²) in [5, 5.41) is 8.53. The molecule has 0 aromatic heterocycles. The van der Waals surface area contributed by atoms with Crippen molar-refractivity contribution in [2.75, 3.05) is 10.6 Å². The lowest BCUT2D eigenvalue weighted by atomic mass is 10.1. The van der Waals surface area contributed by atoms with Gasteiger partial charge < -0.3 is 20.7 Å². The number of halogens is 1. The van der Waals surface area contributed by atoms with E-state index in [2.05, 4.69) is 31.9 Å². The van der Waals surface area contributed by atoms with Gasteiger partial charge in [0.05, 0.1) is 5.56 Å². The zero-order valence-electron chi connectivity index (χ0n) is 16.7. The summed E-state index contributed by atoms with van der Waals surface area (Å²) in [4.78, 5) is 24.6. The molecule has 6 nitrogen and oxygen atoms in total. The molecule has 0 spiro atoms. The Labute approximate surface area is 189 Å². The van der Waals surface area contributed by atoms with Crippen molar-refractivity contribution in [3.8, 4) is 5.75 Å². The minimum atomic E-state index is -0.269. The highest BCUT2D eigenvalue weighted by Crippen LogP contribution is 2.24. The zero-order valence-corrected chi connectivity index (χ0v) is 18.3. The molecule has 3 aromatic rings. The molecule has 1 saturated carbocycles. The molecule has 3 aromatic carbocycles. The van der Waals surface area contributed by atoms with E-state index in [0.29, 0.717) is 35.3 Å². The highest BCUT2D eigenvalue weighted by Gasteiger charge is 2.23. The number of amides is 3. The average molecular weight is 480 g/mol. The third-order valence-corrected chi connectivity index (χ3v) is 5.56. The van der Waals surface area contributed by atoms with Gasteiger partial charge >= 0.3 is 6.03 Å². The highest BCUT2D eigenvalue weighted by atomic mass is 79.9. The van der Waals surface area contributed by atoms with Crippen LogP contribution >= 0.6 is 15.9 Å². The van der Waals surface area contributed by atoms with Crippen LogP contribution in [0.3, 0.4) is 0 Å². The molecule has 0 saturated heterocycles. The Morgan fingerprint density at radius 2 is 1.52 bits per heavy atom. The first-order chi connectivity index (χ1) is 15.1. The SMILES string of the molecule is O=C(Nc1ccc(NC(=O)c2ccccc2OCc2ccccc2Br)cc1)NC1CC1. The minimum Gasteiger partial charge on any atom is -0.488 e. The zero-order chi connectivity index (χ0) is 21.6. The van der Waals surface area contributed by atoms with Gasteiger partial charge in [-0.15, -0.1) is 0 Å². The fraction of sp³-hybridized carbons (Fsp3) is 0.167. The van der Waals surface area contributed by atoms with Gasteiger partial charge in [-0.1, -0.05) is 46.3 Å². The number of nitrogens with one attached hydrogen (secondary N) is 3. The van der Waals surface area contributed by atoms with Crippen molar-refractivity contribution in [2.24, 2.45) is 0 Å². The first kappa shape index (κ1) is 20.9. The van der Waals surface area contributed by atoms with Gasteiger partial charge in [0, 0.05) is 27.5 Å². The standard InChI is InChI=1S/C24H22BrN3O3/c25-21-7-3-1-5-16(21)15-31-22-8-4-2-6-20(22)23(29)26-17-9-11-18(12-10-17)27-24(30)28-19-13-14-19/h1-12,19H,13-15H2,(H,26,29)(H2,27,28,30). The van der Waals surface area contributed by atoms with E-state index >= 15 is 0 Å². The Balaban J connectivity index is 1.38. The Bertz CT molecular complexity index is 1080. The monoisotopic (exact) mass is 479 g/mol. The van der Waals surface area contributed by atoms with Gasteiger partial charge in [-0.05, 0) is 55.3 Å². The normalized spacial score (nSPS) is 12.7. The summed E-state index contributed by atoms with van der Waals surface area (Å²) in [5.74, 6) is 0.237. The van der Waals surface area contributed by atoms with E-state index in [0.717, 1.165) is 22.9 Å². The molecule has 0 heterocycles. The third-order valence-electron chi connectivity index (χ3n) is 4.79. The lowest BCUT2D eigenvalue weighted by Gasteiger charge is -2.13. The first-order valence-corrected chi connectivity index (χ1v) is 10.8. The summed E-state index contributed by atoms with van der Waals surface area (Å²) in [7, 11) is 0. The average Bonchev–Trinajstić information content (AvgIpc) is 3.58. The molecule has 1 fully saturated rings. The molecule has 3 N–H and O–H groups in total. The summed E-state index contributed by atoms with van der Waals surface area (Å²) in [5.41, 5.74) is 2.72. The van der Waals surface area contributed by atoms with Gasteiger partial charge in [-0.25, -0.2) is 4.79 Å². The second kappa shape index (κ2) is 9.66. The molecule has 158 valence electrons. The predicted octanol–water partition coefficient (Wildman–Crippen LogP) is 5.56. The second-order valence-corrected chi connectivity index (χ2v) is 8.13. The van der Waals surface area contributed by atoms with Gasteiger partial charge in [0.1, 0.15) is 12.4 Å². The number of anilines is 2. The van der Waals surface area contributed by atoms with Gasteiger partial charge in [0.2, 0.25) is 0 Å². The van der Waals surface area contributed by atoms with E-state index < -0.39 is 0 Å². The molecule has 1 aliphatic carbocycles. The predicted molar refractivity (Wildman–Crippen MR) is 124 cm³/mol. The van der Waals surface area contributed by atoms with Crippen molar-refractivity contribution in [1.29, 1.82) is 0 Å². The molecule has 1 aliphatic rings. The van der Waals surface area contributed by atoms with Gasteiger partial charge in [0.15, 0.2) is 0 Å². The molecule has 3 amide bonds. The maximum Gasteiger partial charge on any atom is 0.319 e. The van der Waals surface area contributed by atoms with Crippen LogP contribution in [-0.4, -0.2) is 18.0 Å². The molecule has 0 aliphatic heterocycles. The van der Waals surface area contributed by atoms with Crippen molar-refractivity contribution >= 4 is 39.2 Å². The molecule has 4 rings (SSSR count). The van der Waals surface area contributed by atoms with Crippen molar-refractivity contribution < 1.29 is 14.3 Å². The van der Waals surface area contributed by atoms with E-state index in [1.54, 1.807) is 42.5 Å². The fourth-order valence-corrected chi connectivity index (χ4v) is 3.37. The second-order valence-electron chi connectivity index (χ2n) is 7.28. The topological polar surface area (TPSA) is 79.5 Å². The van der Waals surface area contributed by atoms with Crippen LogP contribution in [0.1, 0.15) is 28.8 Å². The van der Waals surface area contributed by atoms with E-state index in [-0.39, 0.29) is 11.9 Å². The molecular formula is C24H22BrN3O3. The first-order valence-electron chi connectivity index (χ1n) is 10.0. The molecular weight excluding hydrogens is 458 g/mol. The van der Waals surface area contributed by atoms with Crippen molar-refractivity contribution in [1.82, 2.24) is 5.32 Å². The smallest absolute Gasteiger partial charge is 0.319 e. The Hall–Kier alpha value is -3.32. The summed E-state index contributed by atoms with van der Waals surface area (Å²) in [6, 6.07) is 22.0. The minimum absolute atomic E-state index is 0.213. The molecule has 0 bridgehead atoms. The van der Waals surface area contributed by atoms with Crippen LogP contribution < -0.4 is 20.7 Å². The van der Waals surface area contributed by atoms with Crippen LogP contribution in [-0.2, 0) is 6.61 Å². The molecule has 0 unspecified atom stereocenters. The van der Waals surface area contributed by atoms with E-state index in [1.165, 1.54) is 0 Å². The Morgan fingerprint density at radius 1 is 0.871 bits per heavy atom. The van der Waals surface area contributed by atoms with Crippen LogP contribution in [0.5, 0.6) is 5.75 Å². The Morgan fingerprint density at radius 3 is 2.23 bits per heavy atom. The number of hydrogen-bond donors (Lipinski definition) is 3. The van der Waals surface area contributed by atoms with Crippen molar-refractivity contribution in [2.45, 2.75) is 25.5 Å². The van der Waals surface area contributed by atoms with E-state index in [1.807, 2.05) is 30.3 Å². The number of benzene rings is 3. The number of ether oxygens (including phenoxy) is 1. The maximum absolute atomic E-state index is 12.8. The van der Waals surface area contributed by atoms with E-state index in [9.17, 15) is 9.59 Å². The van der Waals surface area contributed by atoms with Crippen molar-refractivity contribution in [3.05, 3.63) is 88.4 Å². The largest absolute Gasteiger partial charge is 0.488 e. The molecule has 0 atom stereocenters. The summed E-state index contributed by atoms with van der Waals surface area (Å²) in [6.45, 7) is 0.342. The van der Waals surface area contributed by atoms with Crippen LogP contribution in [0, 0.1) is 0 Å². The van der Waals surface area contributed by atoms with Crippen molar-refractivity contribution in [3.63, 3.8) is 0 Å². The molecule has 0 radical (unpaired) electrons.